The number of hydrogen-bond donors (Lipinski definition) is 1. The van der Waals surface area contributed by atoms with E-state index in [1.54, 1.807) is 0 Å². The van der Waals surface area contributed by atoms with E-state index >= 15 is 0 Å². The second-order valence-electron chi connectivity index (χ2n) is 5.74. The Morgan fingerprint density at radius 2 is 1.21 bits per heavy atom. The highest BCUT2D eigenvalue weighted by Gasteiger charge is 2.01. The lowest BCUT2D eigenvalue weighted by Crippen LogP contribution is -2.28. The maximum Gasteiger partial charge on any atom is 0.407 e. The summed E-state index contributed by atoms with van der Waals surface area (Å²) in [6.07, 6.45) is -0.470. The van der Waals surface area contributed by atoms with Crippen LogP contribution < -0.4 is 5.32 Å². The van der Waals surface area contributed by atoms with Crippen LogP contribution in [0.15, 0.2) is 30.3 Å². The molecule has 0 aliphatic carbocycles. The number of alkyl halides is 1. The fraction of sp³-hybridized carbons (Fsp3) is 0.650. The van der Waals surface area contributed by atoms with Gasteiger partial charge in [0.1, 0.15) is 13.3 Å². The largest absolute Gasteiger partial charge is 0.445 e. The van der Waals surface area contributed by atoms with E-state index in [2.05, 4.69) is 5.32 Å². The molecule has 0 heterocycles. The highest BCUT2D eigenvalue weighted by atomic mass is 19.1. The van der Waals surface area contributed by atoms with Gasteiger partial charge in [0.15, 0.2) is 0 Å². The third-order valence-electron chi connectivity index (χ3n) is 3.44. The van der Waals surface area contributed by atoms with Crippen molar-refractivity contribution < 1.29 is 37.6 Å². The van der Waals surface area contributed by atoms with E-state index in [1.807, 2.05) is 30.3 Å². The molecule has 0 unspecified atom stereocenters. The minimum Gasteiger partial charge on any atom is -0.445 e. The summed E-state index contributed by atoms with van der Waals surface area (Å²) >= 11 is 0. The zero-order valence-corrected chi connectivity index (χ0v) is 16.8. The molecule has 1 amide bonds. The maximum absolute atomic E-state index is 11.8. The molecule has 0 saturated carbocycles. The molecule has 1 aromatic rings. The SMILES string of the molecule is O=C(NCCOCCOCCOCCOCCOCCF)OCc1ccccc1. The molecule has 0 fully saturated rings. The summed E-state index contributed by atoms with van der Waals surface area (Å²) in [5, 5.41) is 2.62. The van der Waals surface area contributed by atoms with Crippen molar-refractivity contribution in [3.63, 3.8) is 0 Å². The number of benzene rings is 1. The van der Waals surface area contributed by atoms with Crippen LogP contribution in [0.5, 0.6) is 0 Å². The van der Waals surface area contributed by atoms with Crippen molar-refractivity contribution in [2.45, 2.75) is 6.61 Å². The molecule has 29 heavy (non-hydrogen) atoms. The van der Waals surface area contributed by atoms with Gasteiger partial charge in [0.05, 0.1) is 66.1 Å². The summed E-state index contributed by atoms with van der Waals surface area (Å²) in [4.78, 5) is 11.5. The summed E-state index contributed by atoms with van der Waals surface area (Å²) < 4.78 is 43.1. The van der Waals surface area contributed by atoms with Gasteiger partial charge in [-0.05, 0) is 5.56 Å². The van der Waals surface area contributed by atoms with Gasteiger partial charge in [0.2, 0.25) is 0 Å². The molecule has 1 rings (SSSR count). The first-order valence-electron chi connectivity index (χ1n) is 9.72. The molecule has 0 aliphatic heterocycles. The van der Waals surface area contributed by atoms with Crippen molar-refractivity contribution in [3.8, 4) is 0 Å². The van der Waals surface area contributed by atoms with Crippen molar-refractivity contribution in [1.82, 2.24) is 5.32 Å². The van der Waals surface area contributed by atoms with Crippen LogP contribution in [0.2, 0.25) is 0 Å². The van der Waals surface area contributed by atoms with Gasteiger partial charge in [-0.25, -0.2) is 9.18 Å². The van der Waals surface area contributed by atoms with Gasteiger partial charge in [0, 0.05) is 6.54 Å². The molecule has 8 nitrogen and oxygen atoms in total. The highest BCUT2D eigenvalue weighted by Crippen LogP contribution is 2.00. The quantitative estimate of drug-likeness (QED) is 0.345. The predicted octanol–water partition coefficient (Wildman–Crippen LogP) is 1.97. The van der Waals surface area contributed by atoms with Crippen molar-refractivity contribution in [2.75, 3.05) is 79.3 Å². The van der Waals surface area contributed by atoms with Crippen molar-refractivity contribution >= 4 is 6.09 Å². The molecule has 1 aromatic carbocycles. The summed E-state index contributed by atoms with van der Waals surface area (Å²) in [6, 6.07) is 9.48. The van der Waals surface area contributed by atoms with Crippen LogP contribution in [0, 0.1) is 0 Å². The molecule has 0 aromatic heterocycles. The Morgan fingerprint density at radius 1 is 0.724 bits per heavy atom. The second kappa shape index (κ2) is 19.5. The molecule has 0 bridgehead atoms. The van der Waals surface area contributed by atoms with Gasteiger partial charge in [0.25, 0.3) is 0 Å². The van der Waals surface area contributed by atoms with Gasteiger partial charge in [-0.2, -0.15) is 0 Å². The number of alkyl carbamates (subject to hydrolysis) is 1. The number of amides is 1. The van der Waals surface area contributed by atoms with Crippen LogP contribution in [-0.4, -0.2) is 85.4 Å². The normalized spacial score (nSPS) is 10.8. The topological polar surface area (TPSA) is 84.5 Å². The number of halogens is 1. The Morgan fingerprint density at radius 3 is 1.72 bits per heavy atom. The first kappa shape index (κ1) is 25.3. The Balaban J connectivity index is 1.74. The van der Waals surface area contributed by atoms with E-state index in [-0.39, 0.29) is 13.2 Å². The minimum atomic E-state index is -0.477. The molecule has 0 atom stereocenters. The molecular weight excluding hydrogens is 385 g/mol. The van der Waals surface area contributed by atoms with Gasteiger partial charge in [-0.3, -0.25) is 0 Å². The summed E-state index contributed by atoms with van der Waals surface area (Å²) in [7, 11) is 0. The molecule has 0 spiro atoms. The molecular formula is C20H32FNO7. The van der Waals surface area contributed by atoms with Gasteiger partial charge < -0.3 is 33.7 Å². The fourth-order valence-electron chi connectivity index (χ4n) is 2.04. The van der Waals surface area contributed by atoms with E-state index in [1.165, 1.54) is 0 Å². The average molecular weight is 417 g/mol. The first-order valence-corrected chi connectivity index (χ1v) is 9.72. The van der Waals surface area contributed by atoms with Gasteiger partial charge >= 0.3 is 6.09 Å². The van der Waals surface area contributed by atoms with Crippen LogP contribution in [0.25, 0.3) is 0 Å². The van der Waals surface area contributed by atoms with E-state index in [0.717, 1.165) is 5.56 Å². The number of ether oxygens (including phenoxy) is 6. The lowest BCUT2D eigenvalue weighted by molar-refractivity contribution is -0.0115. The number of rotatable bonds is 19. The lowest BCUT2D eigenvalue weighted by atomic mass is 10.2. The molecule has 166 valence electrons. The zero-order valence-electron chi connectivity index (χ0n) is 16.8. The van der Waals surface area contributed by atoms with E-state index in [4.69, 9.17) is 28.4 Å². The van der Waals surface area contributed by atoms with Crippen LogP contribution in [0.1, 0.15) is 5.56 Å². The Labute approximate surface area is 171 Å². The monoisotopic (exact) mass is 417 g/mol. The Bertz CT molecular complexity index is 493. The average Bonchev–Trinajstić information content (AvgIpc) is 2.75. The summed E-state index contributed by atoms with van der Waals surface area (Å²) in [6.45, 7) is 4.18. The van der Waals surface area contributed by atoms with Crippen molar-refractivity contribution in [2.24, 2.45) is 0 Å². The first-order chi connectivity index (χ1) is 14.3. The molecule has 9 heteroatoms. The van der Waals surface area contributed by atoms with Crippen LogP contribution in [0.4, 0.5) is 9.18 Å². The Kier molecular flexibility index (Phi) is 17.0. The van der Waals surface area contributed by atoms with Gasteiger partial charge in [-0.1, -0.05) is 30.3 Å². The van der Waals surface area contributed by atoms with Crippen LogP contribution in [0.3, 0.4) is 0 Å². The molecule has 0 aliphatic rings. The number of nitrogens with one attached hydrogen (secondary N) is 1. The fourth-order valence-corrected chi connectivity index (χ4v) is 2.04. The third kappa shape index (κ3) is 16.8. The molecule has 0 saturated heterocycles. The van der Waals surface area contributed by atoms with E-state index in [0.29, 0.717) is 66.0 Å². The Hall–Kier alpha value is -1.78. The molecule has 1 N–H and O–H groups in total. The molecule has 0 radical (unpaired) electrons. The predicted molar refractivity (Wildman–Crippen MR) is 105 cm³/mol. The lowest BCUT2D eigenvalue weighted by Gasteiger charge is -2.09. The van der Waals surface area contributed by atoms with Crippen molar-refractivity contribution in [3.05, 3.63) is 35.9 Å². The van der Waals surface area contributed by atoms with Gasteiger partial charge in [-0.15, -0.1) is 0 Å². The smallest absolute Gasteiger partial charge is 0.407 e. The standard InChI is InChI=1S/C20H32FNO7/c21-6-8-24-10-12-26-14-16-28-17-15-27-13-11-25-9-7-22-20(23)29-18-19-4-2-1-3-5-19/h1-5H,6-18H2,(H,22,23). The van der Waals surface area contributed by atoms with Crippen LogP contribution in [-0.2, 0) is 35.0 Å². The summed E-state index contributed by atoms with van der Waals surface area (Å²) in [5.41, 5.74) is 0.937. The van der Waals surface area contributed by atoms with E-state index in [9.17, 15) is 9.18 Å². The maximum atomic E-state index is 11.8. The van der Waals surface area contributed by atoms with E-state index < -0.39 is 12.8 Å². The number of carbonyl (C=O) groups is 1. The third-order valence-corrected chi connectivity index (χ3v) is 3.44. The highest BCUT2D eigenvalue weighted by molar-refractivity contribution is 5.67. The van der Waals surface area contributed by atoms with Crippen molar-refractivity contribution in [1.29, 1.82) is 0 Å². The summed E-state index contributed by atoms with van der Waals surface area (Å²) in [5.74, 6) is 0. The number of carbonyl (C=O) groups excluding carboxylic acids is 1. The number of hydrogen-bond acceptors (Lipinski definition) is 7. The second-order valence-corrected chi connectivity index (χ2v) is 5.74. The zero-order chi connectivity index (χ0) is 20.8. The van der Waals surface area contributed by atoms with Crippen LogP contribution >= 0.6 is 0 Å². The minimum absolute atomic E-state index is 0.110.